The predicted molar refractivity (Wildman–Crippen MR) is 114 cm³/mol. The van der Waals surface area contributed by atoms with Crippen LogP contribution in [0.15, 0.2) is 67.4 Å². The van der Waals surface area contributed by atoms with Crippen LogP contribution < -0.4 is 15.0 Å². The SMILES string of the molecule is C=CCOc1ccc(C)c(Nc2ccnc(N(C)c3cccc(C(=O)O)c3)n2)c1. The van der Waals surface area contributed by atoms with E-state index in [9.17, 15) is 9.90 Å². The van der Waals surface area contributed by atoms with Crippen LogP contribution in [-0.2, 0) is 0 Å². The van der Waals surface area contributed by atoms with E-state index in [0.717, 1.165) is 17.0 Å². The number of hydrogen-bond acceptors (Lipinski definition) is 6. The minimum Gasteiger partial charge on any atom is -0.489 e. The van der Waals surface area contributed by atoms with Crippen molar-refractivity contribution >= 4 is 29.1 Å². The van der Waals surface area contributed by atoms with Crippen LogP contribution in [0.2, 0.25) is 0 Å². The van der Waals surface area contributed by atoms with Gasteiger partial charge in [-0.15, -0.1) is 0 Å². The Kier molecular flexibility index (Phi) is 6.09. The Morgan fingerprint density at radius 2 is 2.10 bits per heavy atom. The second kappa shape index (κ2) is 8.88. The van der Waals surface area contributed by atoms with Crippen molar-refractivity contribution in [2.75, 3.05) is 23.9 Å². The molecule has 0 amide bonds. The van der Waals surface area contributed by atoms with Gasteiger partial charge >= 0.3 is 5.97 Å². The molecule has 148 valence electrons. The molecule has 0 saturated heterocycles. The number of anilines is 4. The quantitative estimate of drug-likeness (QED) is 0.545. The van der Waals surface area contributed by atoms with Gasteiger partial charge in [-0.3, -0.25) is 0 Å². The average molecular weight is 390 g/mol. The molecule has 29 heavy (non-hydrogen) atoms. The fourth-order valence-corrected chi connectivity index (χ4v) is 2.66. The molecule has 3 rings (SSSR count). The Hall–Kier alpha value is -3.87. The lowest BCUT2D eigenvalue weighted by Gasteiger charge is -2.18. The number of carboxylic acid groups (broad SMARTS) is 1. The lowest BCUT2D eigenvalue weighted by atomic mass is 10.2. The first-order chi connectivity index (χ1) is 14.0. The maximum Gasteiger partial charge on any atom is 0.335 e. The van der Waals surface area contributed by atoms with E-state index in [1.807, 2.05) is 25.1 Å². The maximum atomic E-state index is 11.2. The summed E-state index contributed by atoms with van der Waals surface area (Å²) in [6.07, 6.45) is 3.34. The van der Waals surface area contributed by atoms with Gasteiger partial charge in [0.15, 0.2) is 0 Å². The number of nitrogens with one attached hydrogen (secondary N) is 1. The number of ether oxygens (including phenoxy) is 1. The summed E-state index contributed by atoms with van der Waals surface area (Å²) in [5.41, 5.74) is 2.79. The number of benzene rings is 2. The molecule has 1 aromatic heterocycles. The first-order valence-electron chi connectivity index (χ1n) is 8.99. The zero-order valence-corrected chi connectivity index (χ0v) is 16.3. The smallest absolute Gasteiger partial charge is 0.335 e. The lowest BCUT2D eigenvalue weighted by Crippen LogP contribution is -2.14. The van der Waals surface area contributed by atoms with Crippen LogP contribution in [0.5, 0.6) is 5.75 Å². The molecule has 2 N–H and O–H groups in total. The Morgan fingerprint density at radius 1 is 1.28 bits per heavy atom. The summed E-state index contributed by atoms with van der Waals surface area (Å²) in [6, 6.07) is 14.2. The van der Waals surface area contributed by atoms with Crippen molar-refractivity contribution in [2.45, 2.75) is 6.92 Å². The van der Waals surface area contributed by atoms with Gasteiger partial charge in [0.2, 0.25) is 5.95 Å². The predicted octanol–water partition coefficient (Wildman–Crippen LogP) is 4.56. The largest absolute Gasteiger partial charge is 0.489 e. The summed E-state index contributed by atoms with van der Waals surface area (Å²) >= 11 is 0. The summed E-state index contributed by atoms with van der Waals surface area (Å²) in [5, 5.41) is 12.5. The summed E-state index contributed by atoms with van der Waals surface area (Å²) in [4.78, 5) is 21.8. The first kappa shape index (κ1) is 19.9. The molecule has 0 fully saturated rings. The van der Waals surface area contributed by atoms with Crippen molar-refractivity contribution in [1.29, 1.82) is 0 Å². The highest BCUT2D eigenvalue weighted by molar-refractivity contribution is 5.89. The molecule has 1 heterocycles. The van der Waals surface area contributed by atoms with Gasteiger partial charge < -0.3 is 20.1 Å². The van der Waals surface area contributed by atoms with Crippen LogP contribution in [0.3, 0.4) is 0 Å². The van der Waals surface area contributed by atoms with Gasteiger partial charge in [-0.25, -0.2) is 9.78 Å². The summed E-state index contributed by atoms with van der Waals surface area (Å²) in [7, 11) is 1.79. The van der Waals surface area contributed by atoms with Crippen molar-refractivity contribution < 1.29 is 14.6 Å². The first-order valence-corrected chi connectivity index (χ1v) is 8.99. The zero-order valence-electron chi connectivity index (χ0n) is 16.3. The number of nitrogens with zero attached hydrogens (tertiary/aromatic N) is 3. The van der Waals surface area contributed by atoms with Crippen molar-refractivity contribution in [2.24, 2.45) is 0 Å². The molecule has 0 saturated carbocycles. The van der Waals surface area contributed by atoms with Crippen molar-refractivity contribution in [1.82, 2.24) is 9.97 Å². The Bertz CT molecular complexity index is 1040. The molecule has 2 aromatic carbocycles. The molecule has 0 aliphatic rings. The van der Waals surface area contributed by atoms with E-state index >= 15 is 0 Å². The third-order valence-electron chi connectivity index (χ3n) is 4.26. The van der Waals surface area contributed by atoms with Gasteiger partial charge in [0, 0.05) is 30.7 Å². The van der Waals surface area contributed by atoms with Crippen molar-refractivity contribution in [3.8, 4) is 5.75 Å². The molecule has 0 radical (unpaired) electrons. The van der Waals surface area contributed by atoms with Crippen LogP contribution in [-0.4, -0.2) is 34.7 Å². The van der Waals surface area contributed by atoms with E-state index < -0.39 is 5.97 Å². The number of carboxylic acids is 1. The van der Waals surface area contributed by atoms with Gasteiger partial charge in [-0.2, -0.15) is 4.98 Å². The minimum absolute atomic E-state index is 0.204. The maximum absolute atomic E-state index is 11.2. The Balaban J connectivity index is 1.84. The molecule has 0 unspecified atom stereocenters. The van der Waals surface area contributed by atoms with Crippen LogP contribution in [0, 0.1) is 6.92 Å². The van der Waals surface area contributed by atoms with E-state index in [1.165, 1.54) is 0 Å². The number of aromatic carboxylic acids is 1. The number of aryl methyl sites for hydroxylation is 1. The van der Waals surface area contributed by atoms with E-state index in [4.69, 9.17) is 4.74 Å². The third kappa shape index (κ3) is 4.90. The van der Waals surface area contributed by atoms with Crippen LogP contribution in [0.4, 0.5) is 23.1 Å². The van der Waals surface area contributed by atoms with Crippen LogP contribution in [0.1, 0.15) is 15.9 Å². The van der Waals surface area contributed by atoms with Gasteiger partial charge in [0.25, 0.3) is 0 Å². The molecular formula is C22H22N4O3. The highest BCUT2D eigenvalue weighted by atomic mass is 16.5. The molecule has 0 atom stereocenters. The Morgan fingerprint density at radius 3 is 2.86 bits per heavy atom. The molecule has 3 aromatic rings. The van der Waals surface area contributed by atoms with Crippen LogP contribution >= 0.6 is 0 Å². The van der Waals surface area contributed by atoms with Crippen LogP contribution in [0.25, 0.3) is 0 Å². The molecule has 0 spiro atoms. The average Bonchev–Trinajstić information content (AvgIpc) is 2.74. The van der Waals surface area contributed by atoms with Gasteiger partial charge in [-0.05, 0) is 42.8 Å². The van der Waals surface area contributed by atoms with Gasteiger partial charge in [0.1, 0.15) is 18.2 Å². The van der Waals surface area contributed by atoms with Gasteiger partial charge in [-0.1, -0.05) is 24.8 Å². The summed E-state index contributed by atoms with van der Waals surface area (Å²) in [5.74, 6) is 0.801. The van der Waals surface area contributed by atoms with Gasteiger partial charge in [0.05, 0.1) is 5.56 Å². The second-order valence-corrected chi connectivity index (χ2v) is 6.36. The van der Waals surface area contributed by atoms with E-state index in [2.05, 4.69) is 21.9 Å². The van der Waals surface area contributed by atoms with Crippen molar-refractivity contribution in [3.05, 3.63) is 78.5 Å². The number of aromatic nitrogens is 2. The molecular weight excluding hydrogens is 368 g/mol. The zero-order chi connectivity index (χ0) is 20.8. The number of carbonyl (C=O) groups is 1. The second-order valence-electron chi connectivity index (χ2n) is 6.36. The number of rotatable bonds is 8. The Labute approximate surface area is 169 Å². The topological polar surface area (TPSA) is 87.6 Å². The number of hydrogen-bond donors (Lipinski definition) is 2. The fraction of sp³-hybridized carbons (Fsp3) is 0.136. The standard InChI is InChI=1S/C22H22N4O3/c1-4-12-29-18-9-8-15(2)19(14-18)24-20-10-11-23-22(25-20)26(3)17-7-5-6-16(13-17)21(27)28/h4-11,13-14H,1,12H2,2-3H3,(H,27,28)(H,23,24,25). The normalized spacial score (nSPS) is 10.3. The molecule has 0 aliphatic heterocycles. The minimum atomic E-state index is -0.981. The van der Waals surface area contributed by atoms with E-state index in [1.54, 1.807) is 54.6 Å². The van der Waals surface area contributed by atoms with Crippen molar-refractivity contribution in [3.63, 3.8) is 0 Å². The molecule has 0 bridgehead atoms. The highest BCUT2D eigenvalue weighted by Crippen LogP contribution is 2.26. The third-order valence-corrected chi connectivity index (χ3v) is 4.26. The summed E-state index contributed by atoms with van der Waals surface area (Å²) in [6.45, 7) is 6.08. The molecule has 7 heteroatoms. The highest BCUT2D eigenvalue weighted by Gasteiger charge is 2.11. The lowest BCUT2D eigenvalue weighted by molar-refractivity contribution is 0.0697. The summed E-state index contributed by atoms with van der Waals surface area (Å²) < 4.78 is 5.59. The fourth-order valence-electron chi connectivity index (χ4n) is 2.66. The van der Waals surface area contributed by atoms with E-state index in [0.29, 0.717) is 24.1 Å². The monoisotopic (exact) mass is 390 g/mol. The molecule has 0 aliphatic carbocycles. The van der Waals surface area contributed by atoms with E-state index in [-0.39, 0.29) is 5.56 Å². The molecule has 7 nitrogen and oxygen atoms in total.